The summed E-state index contributed by atoms with van der Waals surface area (Å²) in [7, 11) is 0. The molecule has 0 amide bonds. The van der Waals surface area contributed by atoms with Crippen LogP contribution in [0.2, 0.25) is 10.0 Å². The number of nitrogens with one attached hydrogen (secondary N) is 1. The highest BCUT2D eigenvalue weighted by Gasteiger charge is 2.09. The van der Waals surface area contributed by atoms with Gasteiger partial charge in [0.25, 0.3) is 0 Å². The Kier molecular flexibility index (Phi) is 4.85. The van der Waals surface area contributed by atoms with Crippen molar-refractivity contribution in [1.82, 2.24) is 9.97 Å². The molecule has 0 spiro atoms. The fourth-order valence-electron chi connectivity index (χ4n) is 1.34. The lowest BCUT2D eigenvalue weighted by molar-refractivity contribution is 0.462. The first kappa shape index (κ1) is 14.4. The predicted molar refractivity (Wildman–Crippen MR) is 80.4 cm³/mol. The van der Waals surface area contributed by atoms with Crippen molar-refractivity contribution in [3.63, 3.8) is 0 Å². The molecule has 1 N–H and O–H groups in total. The molecule has 100 valence electrons. The summed E-state index contributed by atoms with van der Waals surface area (Å²) in [6.07, 6.45) is 1.61. The summed E-state index contributed by atoms with van der Waals surface area (Å²) < 4.78 is 6.31. The molecule has 0 aliphatic rings. The second kappa shape index (κ2) is 6.41. The van der Waals surface area contributed by atoms with Gasteiger partial charge in [0.2, 0.25) is 11.8 Å². The average Bonchev–Trinajstić information content (AvgIpc) is 2.37. The van der Waals surface area contributed by atoms with E-state index in [1.54, 1.807) is 24.4 Å². The van der Waals surface area contributed by atoms with Crippen LogP contribution in [0.25, 0.3) is 0 Å². The molecule has 0 saturated heterocycles. The van der Waals surface area contributed by atoms with Crippen molar-refractivity contribution >= 4 is 45.1 Å². The van der Waals surface area contributed by atoms with E-state index in [0.717, 1.165) is 6.54 Å². The number of rotatable bonds is 4. The highest BCUT2D eigenvalue weighted by atomic mass is 79.9. The summed E-state index contributed by atoms with van der Waals surface area (Å²) in [5.41, 5.74) is 0. The Morgan fingerprint density at radius 1 is 1.32 bits per heavy atom. The Morgan fingerprint density at radius 2 is 2.11 bits per heavy atom. The number of nitrogens with zero attached hydrogens (tertiary/aromatic N) is 2. The number of hydrogen-bond acceptors (Lipinski definition) is 4. The Morgan fingerprint density at radius 3 is 2.84 bits per heavy atom. The summed E-state index contributed by atoms with van der Waals surface area (Å²) in [5, 5.41) is 3.96. The van der Waals surface area contributed by atoms with Gasteiger partial charge in [-0.1, -0.05) is 23.2 Å². The molecule has 2 rings (SSSR count). The van der Waals surface area contributed by atoms with Gasteiger partial charge in [0.1, 0.15) is 5.75 Å². The molecule has 0 atom stereocenters. The van der Waals surface area contributed by atoms with Gasteiger partial charge in [-0.2, -0.15) is 4.98 Å². The van der Waals surface area contributed by atoms with Crippen LogP contribution in [0.15, 0.2) is 28.9 Å². The first-order chi connectivity index (χ1) is 9.10. The summed E-state index contributed by atoms with van der Waals surface area (Å²) >= 11 is 15.4. The van der Waals surface area contributed by atoms with Crippen LogP contribution >= 0.6 is 39.1 Å². The van der Waals surface area contributed by atoms with E-state index in [1.165, 1.54) is 0 Å². The van der Waals surface area contributed by atoms with Crippen molar-refractivity contribution in [2.75, 3.05) is 11.9 Å². The molecule has 4 nitrogen and oxygen atoms in total. The van der Waals surface area contributed by atoms with Gasteiger partial charge in [-0.25, -0.2) is 4.98 Å². The van der Waals surface area contributed by atoms with E-state index in [1.807, 2.05) is 6.92 Å². The molecule has 0 bridgehead atoms. The molecule has 1 aromatic carbocycles. The second-order valence-electron chi connectivity index (χ2n) is 3.55. The van der Waals surface area contributed by atoms with Gasteiger partial charge < -0.3 is 10.1 Å². The number of anilines is 1. The minimum atomic E-state index is 0.395. The molecule has 0 unspecified atom stereocenters. The SMILES string of the molecule is CCNc1nccc(Oc2cc(Cl)c(Br)cc2Cl)n1. The molecular weight excluding hydrogens is 353 g/mol. The summed E-state index contributed by atoms with van der Waals surface area (Å²) in [6, 6.07) is 4.95. The van der Waals surface area contributed by atoms with Crippen molar-refractivity contribution < 1.29 is 4.74 Å². The van der Waals surface area contributed by atoms with Crippen molar-refractivity contribution in [2.45, 2.75) is 6.92 Å². The van der Waals surface area contributed by atoms with Gasteiger partial charge >= 0.3 is 0 Å². The summed E-state index contributed by atoms with van der Waals surface area (Å²) in [6.45, 7) is 2.69. The van der Waals surface area contributed by atoms with Crippen LogP contribution in [0.4, 0.5) is 5.95 Å². The fraction of sp³-hybridized carbons (Fsp3) is 0.167. The van der Waals surface area contributed by atoms with E-state index in [2.05, 4.69) is 31.2 Å². The third-order valence-electron chi connectivity index (χ3n) is 2.15. The average molecular weight is 363 g/mol. The molecule has 0 aliphatic carbocycles. The van der Waals surface area contributed by atoms with Crippen LogP contribution in [0.5, 0.6) is 11.6 Å². The summed E-state index contributed by atoms with van der Waals surface area (Å²) in [4.78, 5) is 8.25. The molecule has 1 heterocycles. The fourth-order valence-corrected chi connectivity index (χ4v) is 2.17. The topological polar surface area (TPSA) is 47.0 Å². The first-order valence-electron chi connectivity index (χ1n) is 5.49. The Labute approximate surface area is 129 Å². The third kappa shape index (κ3) is 3.72. The van der Waals surface area contributed by atoms with E-state index >= 15 is 0 Å². The lowest BCUT2D eigenvalue weighted by Crippen LogP contribution is -2.02. The normalized spacial score (nSPS) is 10.3. The predicted octanol–water partition coefficient (Wildman–Crippen LogP) is 4.77. The van der Waals surface area contributed by atoms with Crippen LogP contribution in [-0.4, -0.2) is 16.5 Å². The zero-order chi connectivity index (χ0) is 13.8. The molecule has 7 heteroatoms. The first-order valence-corrected chi connectivity index (χ1v) is 7.04. The maximum Gasteiger partial charge on any atom is 0.225 e. The third-order valence-corrected chi connectivity index (χ3v) is 3.65. The molecular formula is C12H10BrCl2N3O. The van der Waals surface area contributed by atoms with Crippen LogP contribution in [0.3, 0.4) is 0 Å². The highest BCUT2D eigenvalue weighted by Crippen LogP contribution is 2.36. The number of halogens is 3. The standard InChI is InChI=1S/C12H10BrCl2N3O/c1-2-16-12-17-4-3-11(18-12)19-10-6-8(14)7(13)5-9(10)15/h3-6H,2H2,1H3,(H,16,17,18). The second-order valence-corrected chi connectivity index (χ2v) is 5.22. The van der Waals surface area contributed by atoms with Gasteiger partial charge in [0.05, 0.1) is 10.0 Å². The number of hydrogen-bond donors (Lipinski definition) is 1. The van der Waals surface area contributed by atoms with Crippen LogP contribution in [-0.2, 0) is 0 Å². The lowest BCUT2D eigenvalue weighted by Gasteiger charge is -2.09. The van der Waals surface area contributed by atoms with Crippen molar-refractivity contribution in [3.05, 3.63) is 38.9 Å². The zero-order valence-electron chi connectivity index (χ0n) is 9.95. The van der Waals surface area contributed by atoms with E-state index < -0.39 is 0 Å². The number of ether oxygens (including phenoxy) is 1. The van der Waals surface area contributed by atoms with Crippen LogP contribution in [0, 0.1) is 0 Å². The van der Waals surface area contributed by atoms with E-state index in [9.17, 15) is 0 Å². The largest absolute Gasteiger partial charge is 0.437 e. The van der Waals surface area contributed by atoms with Crippen LogP contribution < -0.4 is 10.1 Å². The van der Waals surface area contributed by atoms with Crippen molar-refractivity contribution in [3.8, 4) is 11.6 Å². The minimum Gasteiger partial charge on any atom is -0.437 e. The summed E-state index contributed by atoms with van der Waals surface area (Å²) in [5.74, 6) is 1.33. The van der Waals surface area contributed by atoms with Crippen molar-refractivity contribution in [1.29, 1.82) is 0 Å². The Balaban J connectivity index is 2.25. The molecule has 1 aromatic heterocycles. The van der Waals surface area contributed by atoms with Crippen molar-refractivity contribution in [2.24, 2.45) is 0 Å². The van der Waals surface area contributed by atoms with E-state index in [-0.39, 0.29) is 0 Å². The molecule has 0 aliphatic heterocycles. The van der Waals surface area contributed by atoms with Crippen LogP contribution in [0.1, 0.15) is 6.92 Å². The number of aromatic nitrogens is 2. The monoisotopic (exact) mass is 361 g/mol. The molecule has 0 fully saturated rings. The van der Waals surface area contributed by atoms with Gasteiger partial charge in [0, 0.05) is 29.3 Å². The van der Waals surface area contributed by atoms with Gasteiger partial charge in [-0.15, -0.1) is 0 Å². The quantitative estimate of drug-likeness (QED) is 0.795. The Bertz CT molecular complexity index is 595. The maximum atomic E-state index is 6.08. The number of benzene rings is 1. The Hall–Kier alpha value is -1.04. The van der Waals surface area contributed by atoms with E-state index in [0.29, 0.717) is 32.1 Å². The van der Waals surface area contributed by atoms with Gasteiger partial charge in [-0.3, -0.25) is 0 Å². The lowest BCUT2D eigenvalue weighted by atomic mass is 10.3. The maximum absolute atomic E-state index is 6.08. The smallest absolute Gasteiger partial charge is 0.225 e. The van der Waals surface area contributed by atoms with Gasteiger partial charge in [0.15, 0.2) is 0 Å². The molecule has 0 saturated carbocycles. The zero-order valence-corrected chi connectivity index (χ0v) is 13.1. The molecule has 19 heavy (non-hydrogen) atoms. The van der Waals surface area contributed by atoms with Gasteiger partial charge in [-0.05, 0) is 28.9 Å². The molecule has 0 radical (unpaired) electrons. The van der Waals surface area contributed by atoms with E-state index in [4.69, 9.17) is 27.9 Å². The molecule has 2 aromatic rings. The highest BCUT2D eigenvalue weighted by molar-refractivity contribution is 9.10. The minimum absolute atomic E-state index is 0.395.